The molecule has 1 aliphatic heterocycles. The van der Waals surface area contributed by atoms with Crippen molar-refractivity contribution < 1.29 is 86.2 Å². The van der Waals surface area contributed by atoms with Gasteiger partial charge in [-0.05, 0) is 6.92 Å². The van der Waals surface area contributed by atoms with Gasteiger partial charge in [-0.15, -0.1) is 0 Å². The van der Waals surface area contributed by atoms with Gasteiger partial charge in [-0.25, -0.2) is 0 Å². The molecule has 1 N–H and O–H groups in total. The number of Topliss-reactive ketones (excluding diaryl/α,β-unsaturated/α-hetero) is 1. The zero-order valence-electron chi connectivity index (χ0n) is 33.7. The van der Waals surface area contributed by atoms with Gasteiger partial charge in [0.05, 0.1) is 11.8 Å². The van der Waals surface area contributed by atoms with Gasteiger partial charge in [0.15, 0.2) is 59.2 Å². The summed E-state index contributed by atoms with van der Waals surface area (Å²) < 4.78 is 46.8. The number of carbonyl (C=O) groups is 9. The lowest BCUT2D eigenvalue weighted by atomic mass is 9.66. The van der Waals surface area contributed by atoms with Crippen LogP contribution in [0.15, 0.2) is 12.2 Å². The first-order valence-electron chi connectivity index (χ1n) is 18.1. The Labute approximate surface area is 324 Å². The Morgan fingerprint density at radius 1 is 0.732 bits per heavy atom. The van der Waals surface area contributed by atoms with Crippen molar-refractivity contribution >= 4 is 53.5 Å². The molecule has 0 spiro atoms. The van der Waals surface area contributed by atoms with Crippen LogP contribution < -0.4 is 0 Å². The van der Waals surface area contributed by atoms with E-state index >= 15 is 4.79 Å². The molecule has 11 atom stereocenters. The Balaban J connectivity index is 2.77. The van der Waals surface area contributed by atoms with E-state index < -0.39 is 143 Å². The van der Waals surface area contributed by atoms with Gasteiger partial charge < -0.3 is 43.0 Å². The van der Waals surface area contributed by atoms with Crippen LogP contribution in [0.25, 0.3) is 0 Å². The number of hydrogen-bond donors (Lipinski definition) is 1. The van der Waals surface area contributed by atoms with Gasteiger partial charge in [0.2, 0.25) is 0 Å². The molecule has 18 heteroatoms. The highest BCUT2D eigenvalue weighted by atomic mass is 16.7. The maximum Gasteiger partial charge on any atom is 0.308 e. The third kappa shape index (κ3) is 8.89. The average molecular weight is 797 g/mol. The van der Waals surface area contributed by atoms with E-state index in [1.807, 2.05) is 0 Å². The summed E-state index contributed by atoms with van der Waals surface area (Å²) >= 11 is 0. The molecule has 0 aromatic carbocycles. The molecule has 1 saturated carbocycles. The summed E-state index contributed by atoms with van der Waals surface area (Å²) in [6.45, 7) is 14.2. The second kappa shape index (κ2) is 16.7. The van der Waals surface area contributed by atoms with Crippen molar-refractivity contribution in [3.63, 3.8) is 0 Å². The van der Waals surface area contributed by atoms with Crippen LogP contribution in [0, 0.1) is 23.2 Å². The van der Waals surface area contributed by atoms with E-state index in [9.17, 15) is 43.5 Å². The van der Waals surface area contributed by atoms with Gasteiger partial charge in [-0.2, -0.15) is 0 Å². The summed E-state index contributed by atoms with van der Waals surface area (Å²) in [7, 11) is 0. The van der Waals surface area contributed by atoms with E-state index in [4.69, 9.17) is 37.9 Å². The summed E-state index contributed by atoms with van der Waals surface area (Å²) in [4.78, 5) is 120. The van der Waals surface area contributed by atoms with Crippen LogP contribution in [0.3, 0.4) is 0 Å². The molecule has 1 heterocycles. The number of ether oxygens (including phenoxy) is 8. The molecule has 2 aliphatic carbocycles. The number of hydrogen-bond acceptors (Lipinski definition) is 18. The third-order valence-corrected chi connectivity index (χ3v) is 10.1. The molecule has 0 radical (unpaired) electrons. The van der Waals surface area contributed by atoms with Crippen LogP contribution in [-0.2, 0) is 81.0 Å². The molecule has 3 aliphatic rings. The Morgan fingerprint density at radius 3 is 1.73 bits per heavy atom. The molecule has 18 nitrogen and oxygen atoms in total. The third-order valence-electron chi connectivity index (χ3n) is 10.1. The molecule has 1 saturated heterocycles. The van der Waals surface area contributed by atoms with E-state index in [0.29, 0.717) is 0 Å². The Bertz CT molecular complexity index is 1660. The molecule has 3 rings (SSSR count). The zero-order chi connectivity index (χ0) is 42.9. The number of esters is 8. The molecule has 2 fully saturated rings. The number of rotatable bonds is 8. The lowest BCUT2D eigenvalue weighted by Gasteiger charge is -2.53. The minimum Gasteiger partial charge on any atom is -0.458 e. The van der Waals surface area contributed by atoms with Crippen LogP contribution in [0.1, 0.15) is 95.9 Å². The van der Waals surface area contributed by atoms with Crippen LogP contribution in [0.4, 0.5) is 0 Å². The maximum absolute atomic E-state index is 15.0. The van der Waals surface area contributed by atoms with Gasteiger partial charge in [0.1, 0.15) is 0 Å². The van der Waals surface area contributed by atoms with Crippen LogP contribution in [-0.4, -0.2) is 112 Å². The summed E-state index contributed by atoms with van der Waals surface area (Å²) in [5.74, 6) is -13.9. The average Bonchev–Trinajstić information content (AvgIpc) is 3.21. The van der Waals surface area contributed by atoms with E-state index in [0.717, 1.165) is 48.5 Å². The summed E-state index contributed by atoms with van der Waals surface area (Å²) in [6, 6.07) is 0. The summed E-state index contributed by atoms with van der Waals surface area (Å²) in [5, 5.41) is 13.2. The maximum atomic E-state index is 15.0. The van der Waals surface area contributed by atoms with Gasteiger partial charge in [0.25, 0.3) is 0 Å². The fourth-order valence-corrected chi connectivity index (χ4v) is 7.99. The highest BCUT2D eigenvalue weighted by Crippen LogP contribution is 2.56. The molecular weight excluding hydrogens is 744 g/mol. The molecule has 56 heavy (non-hydrogen) atoms. The second-order valence-electron chi connectivity index (χ2n) is 15.6. The van der Waals surface area contributed by atoms with Crippen molar-refractivity contribution in [1.82, 2.24) is 0 Å². The highest BCUT2D eigenvalue weighted by Gasteiger charge is 2.80. The zero-order valence-corrected chi connectivity index (χ0v) is 33.7. The van der Waals surface area contributed by atoms with E-state index in [1.165, 1.54) is 46.8 Å². The lowest BCUT2D eigenvalue weighted by Crippen LogP contribution is -2.72. The first-order valence-corrected chi connectivity index (χ1v) is 18.1. The Kier molecular flexibility index (Phi) is 13.6. The molecule has 0 bridgehead atoms. The highest BCUT2D eigenvalue weighted by molar-refractivity contribution is 5.93. The molecule has 312 valence electrons. The van der Waals surface area contributed by atoms with Crippen molar-refractivity contribution in [1.29, 1.82) is 0 Å². The SMILES string of the molecule is CC(=O)OC1C(OC(C)=O)C(C)(C)C=CC(C)C(=O)C2(O)C(C(OC(C)=O)C(C)(OC(C)=O)C2OC(C)=O)C2OC(=O)CCC2(OC(C)=O)C1OC(=O)C(C)C. The van der Waals surface area contributed by atoms with Crippen LogP contribution in [0.5, 0.6) is 0 Å². The van der Waals surface area contributed by atoms with Gasteiger partial charge in [0, 0.05) is 65.7 Å². The predicted octanol–water partition coefficient (Wildman–Crippen LogP) is 1.77. The fraction of sp³-hybridized carbons (Fsp3) is 0.711. The number of allylic oxidation sites excluding steroid dienone is 1. The minimum atomic E-state index is -3.16. The van der Waals surface area contributed by atoms with Crippen molar-refractivity contribution in [3.8, 4) is 0 Å². The molecule has 11 unspecified atom stereocenters. The topological polar surface area (TPSA) is 248 Å². The van der Waals surface area contributed by atoms with E-state index in [-0.39, 0.29) is 0 Å². The minimum absolute atomic E-state index is 0.587. The molecule has 0 amide bonds. The Hall–Kier alpha value is -4.87. The number of carbonyl (C=O) groups excluding carboxylic acids is 9. The lowest BCUT2D eigenvalue weighted by molar-refractivity contribution is -0.272. The van der Waals surface area contributed by atoms with E-state index in [1.54, 1.807) is 0 Å². The standard InChI is InChI=1S/C38H52O18/c1-17(2)33(47)54-32-27(49-19(4)39)31(51-21(6)41)35(10,11)15-13-18(3)28(46)38(48)26(30-37(32,56-24(9)44)16-14-25(45)53-30)29(50-20(5)40)36(12,55-23(8)43)34(38)52-22(7)42/h13,15,17-18,26-27,29-32,34,48H,14,16H2,1-12H3. The Morgan fingerprint density at radius 2 is 1.25 bits per heavy atom. The molecular formula is C38H52O18. The quantitative estimate of drug-likeness (QED) is 0.209. The van der Waals surface area contributed by atoms with Crippen molar-refractivity contribution in [3.05, 3.63) is 12.2 Å². The smallest absolute Gasteiger partial charge is 0.308 e. The van der Waals surface area contributed by atoms with Gasteiger partial charge in [-0.3, -0.25) is 43.2 Å². The first kappa shape index (κ1) is 45.5. The number of fused-ring (bicyclic) bond motifs is 3. The van der Waals surface area contributed by atoms with Gasteiger partial charge >= 0.3 is 47.8 Å². The monoisotopic (exact) mass is 796 g/mol. The predicted molar refractivity (Wildman–Crippen MR) is 186 cm³/mol. The summed E-state index contributed by atoms with van der Waals surface area (Å²) in [6.07, 6.45) is -10.7. The fourth-order valence-electron chi connectivity index (χ4n) is 7.99. The van der Waals surface area contributed by atoms with Crippen LogP contribution >= 0.6 is 0 Å². The number of aliphatic hydroxyl groups is 1. The largest absolute Gasteiger partial charge is 0.458 e. The van der Waals surface area contributed by atoms with Crippen molar-refractivity contribution in [2.24, 2.45) is 23.2 Å². The summed E-state index contributed by atoms with van der Waals surface area (Å²) in [5.41, 5.74) is -9.69. The van der Waals surface area contributed by atoms with Gasteiger partial charge in [-0.1, -0.05) is 46.8 Å². The van der Waals surface area contributed by atoms with Crippen molar-refractivity contribution in [2.75, 3.05) is 0 Å². The molecule has 0 aromatic rings. The van der Waals surface area contributed by atoms with E-state index in [2.05, 4.69) is 0 Å². The number of ketones is 1. The normalized spacial score (nSPS) is 35.2. The second-order valence-corrected chi connectivity index (χ2v) is 15.6. The van der Waals surface area contributed by atoms with Crippen LogP contribution in [0.2, 0.25) is 0 Å². The molecule has 0 aromatic heterocycles. The first-order chi connectivity index (χ1) is 25.6. The van der Waals surface area contributed by atoms with Crippen molar-refractivity contribution in [2.45, 2.75) is 149 Å².